The number of aliphatic hydroxyl groups is 1. The van der Waals surface area contributed by atoms with E-state index in [1.54, 1.807) is 0 Å². The molecular formula is C29H39F2N3O3. The number of nitrogens with zero attached hydrogens (tertiary/aromatic N) is 3. The second kappa shape index (κ2) is 8.80. The molecule has 1 N–H and O–H groups in total. The Labute approximate surface area is 217 Å². The van der Waals surface area contributed by atoms with Crippen molar-refractivity contribution in [1.82, 2.24) is 15.0 Å². The molecule has 6 nitrogen and oxygen atoms in total. The number of halogens is 2. The van der Waals surface area contributed by atoms with Crippen molar-refractivity contribution in [2.75, 3.05) is 13.7 Å². The van der Waals surface area contributed by atoms with Gasteiger partial charge in [-0.1, -0.05) is 12.1 Å². The van der Waals surface area contributed by atoms with E-state index >= 15 is 0 Å². The smallest absolute Gasteiger partial charge is 0.188 e. The first-order chi connectivity index (χ1) is 17.6. The molecule has 8 heteroatoms. The van der Waals surface area contributed by atoms with E-state index in [1.807, 2.05) is 14.0 Å². The number of ketones is 1. The summed E-state index contributed by atoms with van der Waals surface area (Å²) >= 11 is 0. The first-order valence-corrected chi connectivity index (χ1v) is 14.0. The summed E-state index contributed by atoms with van der Waals surface area (Å²) in [5.41, 5.74) is -0.294. The summed E-state index contributed by atoms with van der Waals surface area (Å²) in [6.45, 7) is 5.10. The number of ether oxygens (including phenoxy) is 1. The number of carbonyl (C=O) groups excluding carboxylic acids is 1. The monoisotopic (exact) mass is 515 g/mol. The van der Waals surface area contributed by atoms with Gasteiger partial charge in [-0.25, -0.2) is 13.5 Å². The summed E-state index contributed by atoms with van der Waals surface area (Å²) in [4.78, 5) is 13.7. The van der Waals surface area contributed by atoms with Crippen LogP contribution in [-0.2, 0) is 16.1 Å². The van der Waals surface area contributed by atoms with Gasteiger partial charge >= 0.3 is 0 Å². The molecule has 4 aliphatic rings. The van der Waals surface area contributed by atoms with Crippen LogP contribution in [0.1, 0.15) is 71.6 Å². The van der Waals surface area contributed by atoms with E-state index in [4.69, 9.17) is 4.74 Å². The summed E-state index contributed by atoms with van der Waals surface area (Å²) in [5, 5.41) is 18.6. The van der Waals surface area contributed by atoms with E-state index in [0.29, 0.717) is 29.2 Å². The molecule has 6 rings (SSSR count). The Morgan fingerprint density at radius 1 is 1.11 bits per heavy atom. The molecule has 4 fully saturated rings. The van der Waals surface area contributed by atoms with Crippen LogP contribution in [0.5, 0.6) is 0 Å². The van der Waals surface area contributed by atoms with Crippen molar-refractivity contribution in [3.05, 3.63) is 23.8 Å². The maximum Gasteiger partial charge on any atom is 0.188 e. The van der Waals surface area contributed by atoms with E-state index in [1.165, 1.54) is 10.7 Å². The van der Waals surface area contributed by atoms with Crippen LogP contribution in [0.2, 0.25) is 0 Å². The van der Waals surface area contributed by atoms with Crippen molar-refractivity contribution >= 4 is 16.8 Å². The molecular weight excluding hydrogens is 476 g/mol. The molecule has 1 aromatic heterocycles. The number of Topliss-reactive ketones (excluding diaryl/α,β-unsaturated/α-hetero) is 1. The van der Waals surface area contributed by atoms with Gasteiger partial charge < -0.3 is 9.84 Å². The number of hydrogen-bond donors (Lipinski definition) is 1. The Morgan fingerprint density at radius 3 is 2.70 bits per heavy atom. The zero-order valence-corrected chi connectivity index (χ0v) is 22.2. The minimum Gasteiger partial charge on any atom is -0.390 e. The Kier molecular flexibility index (Phi) is 6.03. The first kappa shape index (κ1) is 25.4. The summed E-state index contributed by atoms with van der Waals surface area (Å²) < 4.78 is 35.0. The molecule has 2 aromatic rings. The van der Waals surface area contributed by atoms with Crippen LogP contribution in [0.15, 0.2) is 12.1 Å². The van der Waals surface area contributed by atoms with Crippen LogP contribution in [0, 0.1) is 52.1 Å². The van der Waals surface area contributed by atoms with Gasteiger partial charge in [0, 0.05) is 13.0 Å². The second-order valence-electron chi connectivity index (χ2n) is 13.1. The predicted octanol–water partition coefficient (Wildman–Crippen LogP) is 5.32. The molecule has 8 atom stereocenters. The summed E-state index contributed by atoms with van der Waals surface area (Å²) in [5.74, 6) is 0.216. The van der Waals surface area contributed by atoms with E-state index in [2.05, 4.69) is 17.2 Å². The van der Waals surface area contributed by atoms with Gasteiger partial charge in [0.05, 0.1) is 17.7 Å². The fourth-order valence-electron chi connectivity index (χ4n) is 9.67. The highest BCUT2D eigenvalue weighted by molar-refractivity contribution is 5.84. The summed E-state index contributed by atoms with van der Waals surface area (Å²) in [6, 6.07) is 2.51. The van der Waals surface area contributed by atoms with Crippen LogP contribution >= 0.6 is 0 Å². The van der Waals surface area contributed by atoms with Crippen molar-refractivity contribution in [3.8, 4) is 0 Å². The van der Waals surface area contributed by atoms with E-state index in [-0.39, 0.29) is 34.6 Å². The second-order valence-corrected chi connectivity index (χ2v) is 13.1. The third-order valence-corrected chi connectivity index (χ3v) is 11.3. The summed E-state index contributed by atoms with van der Waals surface area (Å²) in [7, 11) is 1.81. The molecule has 37 heavy (non-hydrogen) atoms. The fourth-order valence-corrected chi connectivity index (χ4v) is 9.67. The van der Waals surface area contributed by atoms with Gasteiger partial charge in [0.1, 0.15) is 6.54 Å². The van der Waals surface area contributed by atoms with Crippen LogP contribution in [0.4, 0.5) is 8.78 Å². The standard InChI is InChI=1S/C29H39F2N3O3/c1-27(36)12-13-29(16-37-3)17(14-27)4-5-18-19-6-7-21(28(19,2)11-10-20(18)29)24(35)15-34-23-9-8-22(30)25(31)26(23)32-33-34/h8-9,17-21,36H,4-7,10-16H2,1-3H3/t17-,18-,19-,20-,21+,27+,28-,29+/m0/s1. The Morgan fingerprint density at radius 2 is 1.92 bits per heavy atom. The largest absolute Gasteiger partial charge is 0.390 e. The highest BCUT2D eigenvalue weighted by Gasteiger charge is 2.63. The maximum atomic E-state index is 14.1. The van der Waals surface area contributed by atoms with Gasteiger partial charge in [0.15, 0.2) is 22.9 Å². The Hall–Kier alpha value is -1.93. The molecule has 0 saturated heterocycles. The average Bonchev–Trinajstić information content (AvgIpc) is 3.42. The summed E-state index contributed by atoms with van der Waals surface area (Å²) in [6.07, 6.45) is 9.03. The number of carbonyl (C=O) groups is 1. The van der Waals surface area contributed by atoms with Gasteiger partial charge in [-0.3, -0.25) is 4.79 Å². The number of methoxy groups -OCH3 is 1. The highest BCUT2D eigenvalue weighted by atomic mass is 19.2. The number of hydrogen-bond acceptors (Lipinski definition) is 5. The Bertz CT molecular complexity index is 1210. The predicted molar refractivity (Wildman–Crippen MR) is 134 cm³/mol. The average molecular weight is 516 g/mol. The molecule has 1 heterocycles. The van der Waals surface area contributed by atoms with Crippen LogP contribution < -0.4 is 0 Å². The van der Waals surface area contributed by atoms with Gasteiger partial charge in [0.2, 0.25) is 0 Å². The van der Waals surface area contributed by atoms with Crippen molar-refractivity contribution in [2.45, 2.75) is 83.8 Å². The number of fused-ring (bicyclic) bond motifs is 6. The molecule has 4 aliphatic carbocycles. The molecule has 0 unspecified atom stereocenters. The quantitative estimate of drug-likeness (QED) is 0.584. The van der Waals surface area contributed by atoms with Crippen LogP contribution in [0.25, 0.3) is 11.0 Å². The molecule has 0 amide bonds. The topological polar surface area (TPSA) is 77.2 Å². The molecule has 0 aliphatic heterocycles. The molecule has 0 radical (unpaired) electrons. The van der Waals surface area contributed by atoms with E-state index < -0.39 is 17.2 Å². The van der Waals surface area contributed by atoms with Crippen LogP contribution in [-0.4, -0.2) is 45.2 Å². The number of benzene rings is 1. The molecule has 1 aromatic carbocycles. The minimum atomic E-state index is -1.02. The van der Waals surface area contributed by atoms with Crippen molar-refractivity contribution in [3.63, 3.8) is 0 Å². The number of rotatable bonds is 5. The zero-order valence-electron chi connectivity index (χ0n) is 22.2. The van der Waals surface area contributed by atoms with Crippen LogP contribution in [0.3, 0.4) is 0 Å². The number of aromatic nitrogens is 3. The zero-order chi connectivity index (χ0) is 26.2. The third kappa shape index (κ3) is 3.80. The van der Waals surface area contributed by atoms with Gasteiger partial charge in [-0.2, -0.15) is 0 Å². The third-order valence-electron chi connectivity index (χ3n) is 11.3. The van der Waals surface area contributed by atoms with Gasteiger partial charge in [0.25, 0.3) is 0 Å². The van der Waals surface area contributed by atoms with Gasteiger partial charge in [-0.05, 0) is 111 Å². The Balaban J connectivity index is 1.24. The molecule has 0 spiro atoms. The lowest BCUT2D eigenvalue weighted by molar-refractivity contribution is -0.175. The first-order valence-electron chi connectivity index (χ1n) is 14.0. The lowest BCUT2D eigenvalue weighted by atomic mass is 9.43. The molecule has 4 saturated carbocycles. The van der Waals surface area contributed by atoms with E-state index in [9.17, 15) is 18.7 Å². The lowest BCUT2D eigenvalue weighted by Gasteiger charge is -2.62. The fraction of sp³-hybridized carbons (Fsp3) is 0.759. The maximum absolute atomic E-state index is 14.1. The van der Waals surface area contributed by atoms with Crippen molar-refractivity contribution in [1.29, 1.82) is 0 Å². The van der Waals surface area contributed by atoms with E-state index in [0.717, 1.165) is 70.5 Å². The van der Waals surface area contributed by atoms with Crippen molar-refractivity contribution in [2.24, 2.45) is 40.4 Å². The lowest BCUT2D eigenvalue weighted by Crippen LogP contribution is -2.58. The molecule has 0 bridgehead atoms. The van der Waals surface area contributed by atoms with Gasteiger partial charge in [-0.15, -0.1) is 5.10 Å². The molecule has 202 valence electrons. The minimum absolute atomic E-state index is 0.0351. The SMILES string of the molecule is COC[C@]12CC[C@@](C)(O)C[C@@H]1CC[C@H]1[C@@H]3CC[C@H](C(=O)Cn4nnc5c(F)c(F)ccc54)[C@@]3(C)CC[C@@H]12. The van der Waals surface area contributed by atoms with Crippen molar-refractivity contribution < 1.29 is 23.4 Å². The normalized spacial score (nSPS) is 41.3. The highest BCUT2D eigenvalue weighted by Crippen LogP contribution is 2.68.